The number of aromatic amines is 1. The Morgan fingerprint density at radius 1 is 1.37 bits per heavy atom. The second-order valence-corrected chi connectivity index (χ2v) is 9.24. The van der Waals surface area contributed by atoms with Gasteiger partial charge in [0, 0.05) is 23.9 Å². The molecule has 1 fully saturated rings. The van der Waals surface area contributed by atoms with E-state index in [1.54, 1.807) is 16.2 Å². The summed E-state index contributed by atoms with van der Waals surface area (Å²) in [4.78, 5) is 36.1. The first-order valence-corrected chi connectivity index (χ1v) is 11.1. The number of thioether (sulfide) groups is 1. The topological polar surface area (TPSA) is 107 Å². The first kappa shape index (κ1) is 18.9. The quantitative estimate of drug-likeness (QED) is 0.517. The van der Waals surface area contributed by atoms with Crippen LogP contribution < -0.4 is 5.56 Å². The number of piperidine rings is 1. The zero-order chi connectivity index (χ0) is 19.0. The molecule has 0 unspecified atom stereocenters. The number of thiophene rings is 1. The number of amides is 1. The fraction of sp³-hybridized carbons (Fsp3) is 0.611. The van der Waals surface area contributed by atoms with E-state index in [1.807, 2.05) is 0 Å². The van der Waals surface area contributed by atoms with Crippen molar-refractivity contribution in [3.8, 4) is 0 Å². The standard InChI is InChI=1S/C18H23N3O4S2/c22-8-10-7-21(6-5-12(10)23)14(24)9-26-18-19-16(25)15-11-3-1-2-4-13(11)27-17(15)20-18/h10,12,22-23H,1-9H2,(H,19,20,25)/t10-,12-/m1/s1. The molecule has 9 heteroatoms. The number of carbonyl (C=O) groups excluding carboxylic acids is 1. The van der Waals surface area contributed by atoms with E-state index >= 15 is 0 Å². The molecule has 146 valence electrons. The fourth-order valence-corrected chi connectivity index (χ4v) is 5.94. The zero-order valence-corrected chi connectivity index (χ0v) is 16.6. The Balaban J connectivity index is 1.46. The number of aromatic nitrogens is 2. The Labute approximate surface area is 164 Å². The Kier molecular flexibility index (Phi) is 5.54. The summed E-state index contributed by atoms with van der Waals surface area (Å²) in [6.07, 6.45) is 4.15. The van der Waals surface area contributed by atoms with Crippen molar-refractivity contribution < 1.29 is 15.0 Å². The lowest BCUT2D eigenvalue weighted by Crippen LogP contribution is -2.47. The zero-order valence-electron chi connectivity index (χ0n) is 14.9. The third kappa shape index (κ3) is 3.78. The number of fused-ring (bicyclic) bond motifs is 3. The summed E-state index contributed by atoms with van der Waals surface area (Å²) in [7, 11) is 0. The summed E-state index contributed by atoms with van der Waals surface area (Å²) in [6, 6.07) is 0. The molecule has 7 nitrogen and oxygen atoms in total. The highest BCUT2D eigenvalue weighted by Gasteiger charge is 2.29. The van der Waals surface area contributed by atoms with Gasteiger partial charge in [-0.15, -0.1) is 11.3 Å². The highest BCUT2D eigenvalue weighted by molar-refractivity contribution is 7.99. The molecule has 0 spiro atoms. The summed E-state index contributed by atoms with van der Waals surface area (Å²) >= 11 is 2.83. The number of aryl methyl sites for hydroxylation is 2. The lowest BCUT2D eigenvalue weighted by atomic mass is 9.95. The monoisotopic (exact) mass is 409 g/mol. The summed E-state index contributed by atoms with van der Waals surface area (Å²) < 4.78 is 0. The van der Waals surface area contributed by atoms with Crippen LogP contribution in [0, 0.1) is 5.92 Å². The molecule has 1 amide bonds. The molecule has 0 saturated carbocycles. The predicted molar refractivity (Wildman–Crippen MR) is 105 cm³/mol. The minimum Gasteiger partial charge on any atom is -0.396 e. The number of aliphatic hydroxyl groups excluding tert-OH is 2. The van der Waals surface area contributed by atoms with Crippen LogP contribution >= 0.6 is 23.1 Å². The number of hydrogen-bond acceptors (Lipinski definition) is 7. The molecule has 2 aromatic heterocycles. The molecule has 27 heavy (non-hydrogen) atoms. The largest absolute Gasteiger partial charge is 0.396 e. The number of nitrogens with one attached hydrogen (secondary N) is 1. The van der Waals surface area contributed by atoms with Gasteiger partial charge in [0.1, 0.15) is 4.83 Å². The molecule has 1 saturated heterocycles. The van der Waals surface area contributed by atoms with E-state index < -0.39 is 6.10 Å². The van der Waals surface area contributed by atoms with Gasteiger partial charge >= 0.3 is 0 Å². The van der Waals surface area contributed by atoms with Crippen LogP contribution in [0.4, 0.5) is 0 Å². The van der Waals surface area contributed by atoms with Crippen LogP contribution in [0.15, 0.2) is 9.95 Å². The van der Waals surface area contributed by atoms with Gasteiger partial charge in [0.15, 0.2) is 5.16 Å². The summed E-state index contributed by atoms with van der Waals surface area (Å²) in [6.45, 7) is 0.710. The number of aliphatic hydroxyl groups is 2. The van der Waals surface area contributed by atoms with Crippen molar-refractivity contribution in [1.29, 1.82) is 0 Å². The van der Waals surface area contributed by atoms with Crippen molar-refractivity contribution in [2.45, 2.75) is 43.4 Å². The van der Waals surface area contributed by atoms with Gasteiger partial charge < -0.3 is 20.1 Å². The number of H-pyrrole nitrogens is 1. The van der Waals surface area contributed by atoms with Crippen LogP contribution in [-0.4, -0.2) is 62.5 Å². The second-order valence-electron chi connectivity index (χ2n) is 7.19. The van der Waals surface area contributed by atoms with Crippen LogP contribution in [-0.2, 0) is 17.6 Å². The van der Waals surface area contributed by atoms with Gasteiger partial charge in [0.25, 0.3) is 5.56 Å². The van der Waals surface area contributed by atoms with E-state index in [0.29, 0.717) is 24.7 Å². The van der Waals surface area contributed by atoms with Crippen molar-refractivity contribution in [3.05, 3.63) is 20.8 Å². The third-order valence-electron chi connectivity index (χ3n) is 5.42. The van der Waals surface area contributed by atoms with Crippen molar-refractivity contribution in [3.63, 3.8) is 0 Å². The molecular weight excluding hydrogens is 386 g/mol. The molecule has 2 aromatic rings. The van der Waals surface area contributed by atoms with Crippen LogP contribution in [0.2, 0.25) is 0 Å². The lowest BCUT2D eigenvalue weighted by Gasteiger charge is -2.35. The normalized spacial score (nSPS) is 22.8. The molecule has 4 rings (SSSR count). The summed E-state index contributed by atoms with van der Waals surface area (Å²) in [5.74, 6) is -0.189. The Hall–Kier alpha value is -1.42. The average molecular weight is 410 g/mol. The third-order valence-corrected chi connectivity index (χ3v) is 7.46. The lowest BCUT2D eigenvalue weighted by molar-refractivity contribution is -0.132. The van der Waals surface area contributed by atoms with Crippen molar-refractivity contribution >= 4 is 39.2 Å². The maximum atomic E-state index is 12.5. The maximum absolute atomic E-state index is 12.5. The second kappa shape index (κ2) is 7.90. The van der Waals surface area contributed by atoms with Gasteiger partial charge in [0.2, 0.25) is 5.91 Å². The smallest absolute Gasteiger partial charge is 0.260 e. The van der Waals surface area contributed by atoms with Gasteiger partial charge in [-0.25, -0.2) is 4.98 Å². The molecule has 2 atom stereocenters. The minimum atomic E-state index is -0.558. The van der Waals surface area contributed by atoms with Gasteiger partial charge in [-0.2, -0.15) is 0 Å². The molecule has 2 aliphatic rings. The molecule has 1 aliphatic carbocycles. The average Bonchev–Trinajstić information content (AvgIpc) is 3.05. The maximum Gasteiger partial charge on any atom is 0.260 e. The number of hydrogen-bond donors (Lipinski definition) is 3. The molecule has 0 aromatic carbocycles. The van der Waals surface area contributed by atoms with Gasteiger partial charge in [-0.3, -0.25) is 9.59 Å². The van der Waals surface area contributed by atoms with Crippen LogP contribution in [0.1, 0.15) is 29.7 Å². The van der Waals surface area contributed by atoms with E-state index in [2.05, 4.69) is 9.97 Å². The Morgan fingerprint density at radius 3 is 3.00 bits per heavy atom. The summed E-state index contributed by atoms with van der Waals surface area (Å²) in [5.41, 5.74) is 1.04. The van der Waals surface area contributed by atoms with Crippen molar-refractivity contribution in [2.24, 2.45) is 5.92 Å². The molecule has 3 heterocycles. The van der Waals surface area contributed by atoms with Crippen molar-refractivity contribution in [2.75, 3.05) is 25.4 Å². The summed E-state index contributed by atoms with van der Waals surface area (Å²) in [5, 5.41) is 20.3. The van der Waals surface area contributed by atoms with Crippen LogP contribution in [0.5, 0.6) is 0 Å². The number of carbonyl (C=O) groups is 1. The molecule has 3 N–H and O–H groups in total. The molecular formula is C18H23N3O4S2. The highest BCUT2D eigenvalue weighted by Crippen LogP contribution is 2.34. The highest BCUT2D eigenvalue weighted by atomic mass is 32.2. The van der Waals surface area contributed by atoms with Crippen LogP contribution in [0.25, 0.3) is 10.2 Å². The van der Waals surface area contributed by atoms with E-state index in [9.17, 15) is 19.8 Å². The van der Waals surface area contributed by atoms with E-state index in [1.165, 1.54) is 16.6 Å². The molecule has 0 bridgehead atoms. The van der Waals surface area contributed by atoms with E-state index in [4.69, 9.17) is 0 Å². The minimum absolute atomic E-state index is 0.0708. The van der Waals surface area contributed by atoms with Gasteiger partial charge in [-0.1, -0.05) is 11.8 Å². The van der Waals surface area contributed by atoms with Crippen molar-refractivity contribution in [1.82, 2.24) is 14.9 Å². The van der Waals surface area contributed by atoms with Gasteiger partial charge in [0.05, 0.1) is 23.8 Å². The first-order chi connectivity index (χ1) is 13.1. The number of nitrogens with zero attached hydrogens (tertiary/aromatic N) is 2. The van der Waals surface area contributed by atoms with Crippen LogP contribution in [0.3, 0.4) is 0 Å². The Bertz CT molecular complexity index is 910. The molecule has 1 aliphatic heterocycles. The van der Waals surface area contributed by atoms with Gasteiger partial charge in [-0.05, 0) is 37.7 Å². The predicted octanol–water partition coefficient (Wildman–Crippen LogP) is 1.16. The van der Waals surface area contributed by atoms with E-state index in [-0.39, 0.29) is 29.7 Å². The van der Waals surface area contributed by atoms with E-state index in [0.717, 1.165) is 41.5 Å². The fourth-order valence-electron chi connectivity index (χ4n) is 3.86. The number of rotatable bonds is 4. The Morgan fingerprint density at radius 2 is 2.19 bits per heavy atom. The first-order valence-electron chi connectivity index (χ1n) is 9.31. The SMILES string of the molecule is O=C(CSc1nc2sc3c(c2c(=O)[nH]1)CCCC3)N1CC[C@@H](O)[C@@H](CO)C1. The molecule has 0 radical (unpaired) electrons. The number of likely N-dealkylation sites (tertiary alicyclic amines) is 1.